The lowest BCUT2D eigenvalue weighted by Gasteiger charge is -2.12. The molecule has 5 rings (SSSR count). The van der Waals surface area contributed by atoms with E-state index in [1.165, 1.54) is 0 Å². The highest BCUT2D eigenvalue weighted by atomic mass is 79.9. The lowest BCUT2D eigenvalue weighted by molar-refractivity contribution is 0.101. The van der Waals surface area contributed by atoms with Crippen molar-refractivity contribution in [3.8, 4) is 23.2 Å². The average molecular weight is 528 g/mol. The second-order valence-corrected chi connectivity index (χ2v) is 8.52. The van der Waals surface area contributed by atoms with Gasteiger partial charge in [-0.15, -0.1) is 5.10 Å². The molecule has 0 unspecified atom stereocenters. The molecule has 1 amide bonds. The van der Waals surface area contributed by atoms with Crippen LogP contribution >= 0.6 is 15.9 Å². The molecule has 3 aromatic carbocycles. The Morgan fingerprint density at radius 2 is 2.00 bits per heavy atom. The molecule has 0 bridgehead atoms. The number of benzene rings is 3. The first-order valence-electron chi connectivity index (χ1n) is 10.6. The number of halogens is 1. The van der Waals surface area contributed by atoms with Crippen molar-refractivity contribution in [3.05, 3.63) is 88.0 Å². The third kappa shape index (κ3) is 4.25. The smallest absolute Gasteiger partial charge is 0.273 e. The van der Waals surface area contributed by atoms with Gasteiger partial charge in [0, 0.05) is 18.0 Å². The van der Waals surface area contributed by atoms with Crippen LogP contribution in [0, 0.1) is 11.3 Å². The van der Waals surface area contributed by atoms with E-state index in [9.17, 15) is 10.1 Å². The SMILES string of the molecule is Cn1c(C(=O)Nc2ccc(C#N)cc2-c2nnn[nH]2)c(Br)c2cccc(OCc3ccccc3)c21. The highest BCUT2D eigenvalue weighted by Crippen LogP contribution is 2.37. The highest BCUT2D eigenvalue weighted by Gasteiger charge is 2.23. The maximum atomic E-state index is 13.5. The van der Waals surface area contributed by atoms with E-state index >= 15 is 0 Å². The van der Waals surface area contributed by atoms with Gasteiger partial charge in [0.1, 0.15) is 18.1 Å². The predicted molar refractivity (Wildman–Crippen MR) is 134 cm³/mol. The third-order valence-corrected chi connectivity index (χ3v) is 6.37. The number of carbonyl (C=O) groups excluding carboxylic acids is 1. The molecule has 10 heteroatoms. The first-order chi connectivity index (χ1) is 17.1. The molecule has 2 aromatic heterocycles. The maximum Gasteiger partial charge on any atom is 0.273 e. The molecule has 0 saturated carbocycles. The van der Waals surface area contributed by atoms with Crippen LogP contribution in [0.3, 0.4) is 0 Å². The zero-order chi connectivity index (χ0) is 24.4. The Hall–Kier alpha value is -4.49. The zero-order valence-electron chi connectivity index (χ0n) is 18.5. The first kappa shape index (κ1) is 22.3. The lowest BCUT2D eigenvalue weighted by atomic mass is 10.1. The van der Waals surface area contributed by atoms with Crippen LogP contribution in [0.25, 0.3) is 22.3 Å². The summed E-state index contributed by atoms with van der Waals surface area (Å²) < 4.78 is 8.56. The lowest BCUT2D eigenvalue weighted by Crippen LogP contribution is -2.17. The van der Waals surface area contributed by atoms with Crippen LogP contribution < -0.4 is 10.1 Å². The summed E-state index contributed by atoms with van der Waals surface area (Å²) in [5.41, 5.74) is 3.64. The Morgan fingerprint density at radius 3 is 2.74 bits per heavy atom. The molecule has 5 aromatic rings. The van der Waals surface area contributed by atoms with Gasteiger partial charge in [-0.3, -0.25) is 4.79 Å². The number of aromatic nitrogens is 5. The fourth-order valence-electron chi connectivity index (χ4n) is 3.91. The molecule has 172 valence electrons. The molecule has 0 aliphatic heterocycles. The topological polar surface area (TPSA) is 122 Å². The number of ether oxygens (including phenoxy) is 1. The molecular weight excluding hydrogens is 510 g/mol. The second kappa shape index (κ2) is 9.40. The van der Waals surface area contributed by atoms with E-state index in [-0.39, 0.29) is 5.91 Å². The van der Waals surface area contributed by atoms with E-state index in [2.05, 4.69) is 47.9 Å². The van der Waals surface area contributed by atoms with Crippen molar-refractivity contribution in [2.24, 2.45) is 7.05 Å². The molecule has 2 N–H and O–H groups in total. The van der Waals surface area contributed by atoms with E-state index in [0.717, 1.165) is 16.5 Å². The van der Waals surface area contributed by atoms with Crippen molar-refractivity contribution in [2.75, 3.05) is 5.32 Å². The van der Waals surface area contributed by atoms with Crippen LogP contribution in [0.15, 0.2) is 71.2 Å². The molecule has 0 radical (unpaired) electrons. The van der Waals surface area contributed by atoms with Gasteiger partial charge in [-0.2, -0.15) is 5.26 Å². The van der Waals surface area contributed by atoms with Gasteiger partial charge in [0.15, 0.2) is 5.82 Å². The molecule has 0 atom stereocenters. The van der Waals surface area contributed by atoms with Crippen LogP contribution in [0.2, 0.25) is 0 Å². The van der Waals surface area contributed by atoms with Crippen LogP contribution in [0.4, 0.5) is 5.69 Å². The van der Waals surface area contributed by atoms with E-state index in [1.54, 1.807) is 22.8 Å². The van der Waals surface area contributed by atoms with E-state index < -0.39 is 0 Å². The van der Waals surface area contributed by atoms with Gasteiger partial charge in [-0.1, -0.05) is 42.5 Å². The number of nitrogens with one attached hydrogen (secondary N) is 2. The number of hydrogen-bond donors (Lipinski definition) is 2. The first-order valence-corrected chi connectivity index (χ1v) is 11.4. The van der Waals surface area contributed by atoms with Crippen LogP contribution in [-0.4, -0.2) is 31.1 Å². The van der Waals surface area contributed by atoms with Gasteiger partial charge in [0.25, 0.3) is 5.91 Å². The molecule has 35 heavy (non-hydrogen) atoms. The zero-order valence-corrected chi connectivity index (χ0v) is 20.1. The van der Waals surface area contributed by atoms with Crippen molar-refractivity contribution in [2.45, 2.75) is 6.61 Å². The number of nitrogens with zero attached hydrogens (tertiary/aromatic N) is 5. The monoisotopic (exact) mass is 527 g/mol. The summed E-state index contributed by atoms with van der Waals surface area (Å²) in [6.07, 6.45) is 0. The summed E-state index contributed by atoms with van der Waals surface area (Å²) in [5.74, 6) is 0.661. The fraction of sp³-hybridized carbons (Fsp3) is 0.0800. The predicted octanol–water partition coefficient (Wildman–Crippen LogP) is 4.82. The number of nitriles is 1. The Labute approximate surface area is 208 Å². The number of para-hydroxylation sites is 1. The molecule has 0 spiro atoms. The van der Waals surface area contributed by atoms with Crippen LogP contribution in [-0.2, 0) is 13.7 Å². The van der Waals surface area contributed by atoms with Gasteiger partial charge in [0.05, 0.1) is 27.3 Å². The third-order valence-electron chi connectivity index (χ3n) is 5.56. The van der Waals surface area contributed by atoms with Crippen molar-refractivity contribution in [1.29, 1.82) is 5.26 Å². The van der Waals surface area contributed by atoms with Crippen molar-refractivity contribution < 1.29 is 9.53 Å². The quantitative estimate of drug-likeness (QED) is 0.326. The van der Waals surface area contributed by atoms with E-state index in [4.69, 9.17) is 4.74 Å². The molecule has 2 heterocycles. The summed E-state index contributed by atoms with van der Waals surface area (Å²) in [7, 11) is 1.82. The average Bonchev–Trinajstić information content (AvgIpc) is 3.51. The number of aromatic amines is 1. The molecular formula is C25H18BrN7O2. The summed E-state index contributed by atoms with van der Waals surface area (Å²) in [4.78, 5) is 13.5. The number of aryl methyl sites for hydroxylation is 1. The fourth-order valence-corrected chi connectivity index (χ4v) is 4.68. The molecule has 0 aliphatic carbocycles. The number of anilines is 1. The van der Waals surface area contributed by atoms with E-state index in [1.807, 2.05) is 55.6 Å². The number of tetrazole rings is 1. The highest BCUT2D eigenvalue weighted by molar-refractivity contribution is 9.10. The minimum Gasteiger partial charge on any atom is -0.487 e. The summed E-state index contributed by atoms with van der Waals surface area (Å²) >= 11 is 3.61. The Balaban J connectivity index is 1.50. The number of amides is 1. The van der Waals surface area contributed by atoms with Crippen molar-refractivity contribution in [1.82, 2.24) is 25.2 Å². The number of hydrogen-bond acceptors (Lipinski definition) is 6. The van der Waals surface area contributed by atoms with E-state index in [0.29, 0.717) is 45.2 Å². The van der Waals surface area contributed by atoms with Gasteiger partial charge in [-0.25, -0.2) is 5.10 Å². The summed E-state index contributed by atoms with van der Waals surface area (Å²) in [5, 5.41) is 26.9. The molecule has 0 fully saturated rings. The summed E-state index contributed by atoms with van der Waals surface area (Å²) in [6, 6.07) is 22.6. The molecule has 0 aliphatic rings. The van der Waals surface area contributed by atoms with Crippen LogP contribution in [0.5, 0.6) is 5.75 Å². The number of fused-ring (bicyclic) bond motifs is 1. The minimum absolute atomic E-state index is 0.338. The van der Waals surface area contributed by atoms with Crippen molar-refractivity contribution in [3.63, 3.8) is 0 Å². The van der Waals surface area contributed by atoms with Gasteiger partial charge in [0.2, 0.25) is 0 Å². The standard InChI is InChI=1S/C25H18BrN7O2/c1-33-22-17(8-5-9-20(22)35-14-15-6-3-2-4-7-15)21(26)23(33)25(34)28-19-11-10-16(13-27)12-18(19)24-29-31-32-30-24/h2-12H,14H2,1H3,(H,28,34)(H,29,30,31,32). The van der Waals surface area contributed by atoms with Gasteiger partial charge < -0.3 is 14.6 Å². The summed E-state index contributed by atoms with van der Waals surface area (Å²) in [6.45, 7) is 0.407. The Bertz CT molecular complexity index is 1570. The second-order valence-electron chi connectivity index (χ2n) is 7.72. The Kier molecular flexibility index (Phi) is 5.99. The van der Waals surface area contributed by atoms with Gasteiger partial charge in [-0.05, 0) is 56.2 Å². The normalized spacial score (nSPS) is 10.8. The Morgan fingerprint density at radius 1 is 1.17 bits per heavy atom. The van der Waals surface area contributed by atoms with Crippen LogP contribution in [0.1, 0.15) is 21.6 Å². The largest absolute Gasteiger partial charge is 0.487 e. The maximum absolute atomic E-state index is 13.5. The van der Waals surface area contributed by atoms with Gasteiger partial charge >= 0.3 is 0 Å². The van der Waals surface area contributed by atoms with Crippen molar-refractivity contribution >= 4 is 38.4 Å². The number of rotatable bonds is 6. The molecule has 0 saturated heterocycles. The number of H-pyrrole nitrogens is 1. The molecule has 9 nitrogen and oxygen atoms in total. The minimum atomic E-state index is -0.344. The number of carbonyl (C=O) groups is 1.